The van der Waals surface area contributed by atoms with Gasteiger partial charge in [-0.25, -0.2) is 12.8 Å². The number of benzene rings is 1. The number of methoxy groups -OCH3 is 1. The lowest BCUT2D eigenvalue weighted by Crippen LogP contribution is -2.55. The molecule has 0 radical (unpaired) electrons. The van der Waals surface area contributed by atoms with Crippen molar-refractivity contribution in [2.24, 2.45) is 0 Å². The molecule has 0 spiro atoms. The van der Waals surface area contributed by atoms with Crippen LogP contribution in [0.15, 0.2) is 23.1 Å². The molecule has 3 rings (SSSR count). The van der Waals surface area contributed by atoms with E-state index in [1.165, 1.54) is 23.4 Å². The Morgan fingerprint density at radius 3 is 2.70 bits per heavy atom. The van der Waals surface area contributed by atoms with Gasteiger partial charge in [-0.2, -0.15) is 4.31 Å². The number of rotatable bonds is 3. The standard InChI is InChI=1S/C15H19FN2O4S/c1-10-5-13(3-4-14(10)16)23(20,21)17-7-11-6-12(22-2)8-18(11)15(19)9-17/h3-5,11-12H,6-9H2,1-2H3/t11-,12-/m0/s1. The fourth-order valence-electron chi connectivity index (χ4n) is 3.17. The van der Waals surface area contributed by atoms with Gasteiger partial charge in [0.25, 0.3) is 0 Å². The van der Waals surface area contributed by atoms with Gasteiger partial charge in [0.05, 0.1) is 17.5 Å². The number of hydrogen-bond acceptors (Lipinski definition) is 4. The van der Waals surface area contributed by atoms with Crippen LogP contribution in [-0.2, 0) is 19.6 Å². The monoisotopic (exact) mass is 342 g/mol. The number of carbonyl (C=O) groups excluding carboxylic acids is 1. The van der Waals surface area contributed by atoms with E-state index in [4.69, 9.17) is 4.74 Å². The first-order valence-electron chi connectivity index (χ1n) is 7.41. The lowest BCUT2D eigenvalue weighted by atomic mass is 10.2. The molecule has 8 heteroatoms. The van der Waals surface area contributed by atoms with Crippen LogP contribution in [0, 0.1) is 12.7 Å². The molecule has 23 heavy (non-hydrogen) atoms. The summed E-state index contributed by atoms with van der Waals surface area (Å²) < 4.78 is 45.3. The van der Waals surface area contributed by atoms with Crippen molar-refractivity contribution >= 4 is 15.9 Å². The third-order valence-electron chi connectivity index (χ3n) is 4.52. The molecule has 2 aliphatic rings. The fourth-order valence-corrected chi connectivity index (χ4v) is 4.69. The molecule has 1 aromatic carbocycles. The highest BCUT2D eigenvalue weighted by molar-refractivity contribution is 7.89. The van der Waals surface area contributed by atoms with E-state index < -0.39 is 15.8 Å². The number of sulfonamides is 1. The summed E-state index contributed by atoms with van der Waals surface area (Å²) in [5.41, 5.74) is 0.261. The predicted octanol–water partition coefficient (Wildman–Crippen LogP) is 0.754. The fraction of sp³-hybridized carbons (Fsp3) is 0.533. The summed E-state index contributed by atoms with van der Waals surface area (Å²) in [4.78, 5) is 14.0. The van der Waals surface area contributed by atoms with E-state index in [9.17, 15) is 17.6 Å². The molecule has 0 aliphatic carbocycles. The SMILES string of the molecule is CO[C@H]1C[C@H]2CN(S(=O)(=O)c3ccc(F)c(C)c3)CC(=O)N2C1. The molecule has 2 saturated heterocycles. The highest BCUT2D eigenvalue weighted by atomic mass is 32.2. The number of halogens is 1. The normalized spacial score (nSPS) is 25.7. The Balaban J connectivity index is 1.86. The van der Waals surface area contributed by atoms with Gasteiger partial charge in [0.15, 0.2) is 0 Å². The van der Waals surface area contributed by atoms with Crippen LogP contribution in [0.25, 0.3) is 0 Å². The maximum atomic E-state index is 13.4. The van der Waals surface area contributed by atoms with Crippen molar-refractivity contribution in [1.29, 1.82) is 0 Å². The number of hydrogen-bond donors (Lipinski definition) is 0. The number of piperazine rings is 1. The van der Waals surface area contributed by atoms with Crippen LogP contribution in [0.2, 0.25) is 0 Å². The van der Waals surface area contributed by atoms with Crippen LogP contribution in [0.4, 0.5) is 4.39 Å². The Morgan fingerprint density at radius 1 is 1.30 bits per heavy atom. The van der Waals surface area contributed by atoms with E-state index in [1.807, 2.05) is 0 Å². The Bertz CT molecular complexity index is 737. The first-order chi connectivity index (χ1) is 10.8. The topological polar surface area (TPSA) is 66.9 Å². The van der Waals surface area contributed by atoms with Gasteiger partial charge in [0.1, 0.15) is 5.82 Å². The molecular weight excluding hydrogens is 323 g/mol. The molecule has 1 aromatic rings. The van der Waals surface area contributed by atoms with Gasteiger partial charge in [-0.1, -0.05) is 0 Å². The highest BCUT2D eigenvalue weighted by Crippen LogP contribution is 2.28. The van der Waals surface area contributed by atoms with Gasteiger partial charge < -0.3 is 9.64 Å². The third-order valence-corrected chi connectivity index (χ3v) is 6.33. The van der Waals surface area contributed by atoms with Gasteiger partial charge in [-0.3, -0.25) is 4.79 Å². The first kappa shape index (κ1) is 16.4. The molecule has 126 valence electrons. The van der Waals surface area contributed by atoms with Gasteiger partial charge in [0.2, 0.25) is 15.9 Å². The van der Waals surface area contributed by atoms with Gasteiger partial charge in [-0.15, -0.1) is 0 Å². The molecule has 2 aliphatic heterocycles. The van der Waals surface area contributed by atoms with E-state index >= 15 is 0 Å². The first-order valence-corrected chi connectivity index (χ1v) is 8.85. The molecule has 6 nitrogen and oxygen atoms in total. The number of nitrogens with zero attached hydrogens (tertiary/aromatic N) is 2. The Hall–Kier alpha value is -1.51. The van der Waals surface area contributed by atoms with Crippen LogP contribution in [0.1, 0.15) is 12.0 Å². The molecule has 2 fully saturated rings. The molecule has 0 saturated carbocycles. The van der Waals surface area contributed by atoms with Crippen molar-refractivity contribution in [3.05, 3.63) is 29.6 Å². The van der Waals surface area contributed by atoms with E-state index in [1.54, 1.807) is 12.0 Å². The van der Waals surface area contributed by atoms with Gasteiger partial charge in [0, 0.05) is 26.2 Å². The van der Waals surface area contributed by atoms with Gasteiger partial charge in [-0.05, 0) is 37.1 Å². The highest BCUT2D eigenvalue weighted by Gasteiger charge is 2.43. The molecule has 0 bridgehead atoms. The van der Waals surface area contributed by atoms with Crippen LogP contribution in [0.3, 0.4) is 0 Å². The Morgan fingerprint density at radius 2 is 2.04 bits per heavy atom. The Kier molecular flexibility index (Phi) is 4.16. The summed E-state index contributed by atoms with van der Waals surface area (Å²) in [5.74, 6) is -0.674. The molecule has 2 atom stereocenters. The van der Waals surface area contributed by atoms with Crippen molar-refractivity contribution in [1.82, 2.24) is 9.21 Å². The summed E-state index contributed by atoms with van der Waals surface area (Å²) in [6.45, 7) is 2.07. The summed E-state index contributed by atoms with van der Waals surface area (Å²) in [6, 6.07) is 3.50. The summed E-state index contributed by atoms with van der Waals surface area (Å²) in [6.07, 6.45) is 0.566. The Labute approximate surface area is 134 Å². The molecule has 0 N–H and O–H groups in total. The molecule has 1 amide bonds. The van der Waals surface area contributed by atoms with E-state index in [2.05, 4.69) is 0 Å². The van der Waals surface area contributed by atoms with Crippen molar-refractivity contribution in [3.63, 3.8) is 0 Å². The van der Waals surface area contributed by atoms with Crippen molar-refractivity contribution < 1.29 is 22.3 Å². The maximum absolute atomic E-state index is 13.4. The maximum Gasteiger partial charge on any atom is 0.243 e. The summed E-state index contributed by atoms with van der Waals surface area (Å²) >= 11 is 0. The minimum absolute atomic E-state index is 0.0129. The predicted molar refractivity (Wildman–Crippen MR) is 80.8 cm³/mol. The number of fused-ring (bicyclic) bond motifs is 1. The van der Waals surface area contributed by atoms with E-state index in [-0.39, 0.29) is 41.6 Å². The number of amides is 1. The molecule has 2 heterocycles. The lowest BCUT2D eigenvalue weighted by Gasteiger charge is -2.36. The number of carbonyl (C=O) groups is 1. The van der Waals surface area contributed by atoms with Crippen LogP contribution in [0.5, 0.6) is 0 Å². The zero-order chi connectivity index (χ0) is 16.8. The second kappa shape index (κ2) is 5.85. The van der Waals surface area contributed by atoms with E-state index in [0.29, 0.717) is 13.0 Å². The third kappa shape index (κ3) is 2.86. The minimum atomic E-state index is -3.82. The quantitative estimate of drug-likeness (QED) is 0.813. The molecule has 0 aromatic heterocycles. The van der Waals surface area contributed by atoms with Gasteiger partial charge >= 0.3 is 0 Å². The number of aryl methyl sites for hydroxylation is 1. The number of ether oxygens (including phenoxy) is 1. The van der Waals surface area contributed by atoms with Crippen molar-refractivity contribution in [2.75, 3.05) is 26.7 Å². The second-order valence-electron chi connectivity index (χ2n) is 6.00. The molecule has 0 unspecified atom stereocenters. The average molecular weight is 342 g/mol. The van der Waals surface area contributed by atoms with Crippen LogP contribution >= 0.6 is 0 Å². The van der Waals surface area contributed by atoms with Crippen molar-refractivity contribution in [3.8, 4) is 0 Å². The lowest BCUT2D eigenvalue weighted by molar-refractivity contribution is -0.135. The molecular formula is C15H19FN2O4S. The van der Waals surface area contributed by atoms with E-state index in [0.717, 1.165) is 6.07 Å². The summed E-state index contributed by atoms with van der Waals surface area (Å²) in [7, 11) is -2.23. The second-order valence-corrected chi connectivity index (χ2v) is 7.94. The average Bonchev–Trinajstić information content (AvgIpc) is 2.93. The summed E-state index contributed by atoms with van der Waals surface area (Å²) in [5, 5.41) is 0. The van der Waals surface area contributed by atoms with Crippen molar-refractivity contribution in [2.45, 2.75) is 30.4 Å². The van der Waals surface area contributed by atoms with Crippen LogP contribution in [-0.4, -0.2) is 62.4 Å². The smallest absolute Gasteiger partial charge is 0.243 e. The zero-order valence-electron chi connectivity index (χ0n) is 13.0. The zero-order valence-corrected chi connectivity index (χ0v) is 13.8. The van der Waals surface area contributed by atoms with Crippen LogP contribution < -0.4 is 0 Å². The minimum Gasteiger partial charge on any atom is -0.380 e. The largest absolute Gasteiger partial charge is 0.380 e.